The first-order chi connectivity index (χ1) is 10.1. The monoisotopic (exact) mass is 283 g/mol. The van der Waals surface area contributed by atoms with E-state index < -0.39 is 0 Å². The number of nitrogens with two attached hydrogens (primary N) is 1. The fourth-order valence-electron chi connectivity index (χ4n) is 2.35. The molecule has 0 aliphatic rings. The summed E-state index contributed by atoms with van der Waals surface area (Å²) in [4.78, 5) is 0. The van der Waals surface area contributed by atoms with E-state index in [4.69, 9.17) is 10.5 Å². The predicted octanol–water partition coefficient (Wildman–Crippen LogP) is 4.63. The normalized spacial score (nSPS) is 12.2. The first kappa shape index (κ1) is 15.6. The Bertz CT molecular complexity index is 592. The van der Waals surface area contributed by atoms with Crippen LogP contribution in [0, 0.1) is 6.92 Å². The van der Waals surface area contributed by atoms with Crippen LogP contribution in [0.15, 0.2) is 42.5 Å². The summed E-state index contributed by atoms with van der Waals surface area (Å²) < 4.78 is 6.10. The number of aryl methyl sites for hydroxylation is 2. The highest BCUT2D eigenvalue weighted by molar-refractivity contribution is 5.41. The highest BCUT2D eigenvalue weighted by Gasteiger charge is 2.09. The molecule has 2 heteroatoms. The van der Waals surface area contributed by atoms with Gasteiger partial charge in [0.15, 0.2) is 0 Å². The minimum atomic E-state index is 0.177. The number of hydrogen-bond donors (Lipinski definition) is 1. The third kappa shape index (κ3) is 4.33. The van der Waals surface area contributed by atoms with E-state index in [1.54, 1.807) is 0 Å². The van der Waals surface area contributed by atoms with Gasteiger partial charge < -0.3 is 10.5 Å². The van der Waals surface area contributed by atoms with Gasteiger partial charge in [0.2, 0.25) is 0 Å². The molecule has 2 aromatic carbocycles. The maximum absolute atomic E-state index is 6.11. The Balaban J connectivity index is 2.25. The maximum atomic E-state index is 6.11. The topological polar surface area (TPSA) is 35.2 Å². The molecule has 1 unspecified atom stereocenters. The van der Waals surface area contributed by atoms with Gasteiger partial charge in [0, 0.05) is 6.04 Å². The van der Waals surface area contributed by atoms with Crippen molar-refractivity contribution in [3.8, 4) is 11.5 Å². The third-order valence-electron chi connectivity index (χ3n) is 3.76. The van der Waals surface area contributed by atoms with Gasteiger partial charge in [-0.1, -0.05) is 43.7 Å². The maximum Gasteiger partial charge on any atom is 0.130 e. The van der Waals surface area contributed by atoms with Gasteiger partial charge in [-0.15, -0.1) is 0 Å². The molecule has 0 radical (unpaired) electrons. The van der Waals surface area contributed by atoms with Gasteiger partial charge in [0.25, 0.3) is 0 Å². The average molecular weight is 283 g/mol. The van der Waals surface area contributed by atoms with E-state index in [2.05, 4.69) is 45.0 Å². The number of benzene rings is 2. The fourth-order valence-corrected chi connectivity index (χ4v) is 2.35. The highest BCUT2D eigenvalue weighted by atomic mass is 16.5. The van der Waals surface area contributed by atoms with E-state index in [0.717, 1.165) is 30.8 Å². The highest BCUT2D eigenvalue weighted by Crippen LogP contribution is 2.28. The molecular formula is C19H25NO. The van der Waals surface area contributed by atoms with Gasteiger partial charge in [-0.25, -0.2) is 0 Å². The van der Waals surface area contributed by atoms with Crippen molar-refractivity contribution < 1.29 is 4.74 Å². The number of hydrogen-bond acceptors (Lipinski definition) is 2. The predicted molar refractivity (Wildman–Crippen MR) is 89.0 cm³/mol. The molecule has 2 aromatic rings. The van der Waals surface area contributed by atoms with Crippen molar-refractivity contribution in [2.75, 3.05) is 0 Å². The van der Waals surface area contributed by atoms with Crippen molar-refractivity contribution >= 4 is 0 Å². The molecule has 2 rings (SSSR count). The number of ether oxygens (including phenoxy) is 1. The lowest BCUT2D eigenvalue weighted by atomic mass is 10.0. The van der Waals surface area contributed by atoms with Crippen molar-refractivity contribution in [3.05, 3.63) is 59.2 Å². The van der Waals surface area contributed by atoms with Gasteiger partial charge in [-0.05, 0) is 55.5 Å². The zero-order valence-corrected chi connectivity index (χ0v) is 13.2. The quantitative estimate of drug-likeness (QED) is 0.839. The Labute approximate surface area is 127 Å². The molecule has 21 heavy (non-hydrogen) atoms. The molecule has 0 bridgehead atoms. The molecule has 2 nitrogen and oxygen atoms in total. The molecule has 0 saturated carbocycles. The Hall–Kier alpha value is -1.80. The molecule has 2 N–H and O–H groups in total. The van der Waals surface area contributed by atoms with Crippen LogP contribution in [0.5, 0.6) is 11.5 Å². The van der Waals surface area contributed by atoms with Gasteiger partial charge in [0.05, 0.1) is 0 Å². The summed E-state index contributed by atoms with van der Waals surface area (Å²) in [5.74, 6) is 1.81. The van der Waals surface area contributed by atoms with E-state index in [-0.39, 0.29) is 6.04 Å². The summed E-state index contributed by atoms with van der Waals surface area (Å²) in [6.07, 6.45) is 2.83. The van der Waals surface area contributed by atoms with Crippen LogP contribution in [0.1, 0.15) is 37.0 Å². The summed E-state index contributed by atoms with van der Waals surface area (Å²) in [7, 11) is 0. The van der Waals surface area contributed by atoms with Gasteiger partial charge >= 0.3 is 0 Å². The SMILES string of the molecule is CCc1cccc(Oc2ccc(C)cc2CC(N)CC)c1. The zero-order chi connectivity index (χ0) is 15.2. The van der Waals surface area contributed by atoms with Crippen LogP contribution in [-0.2, 0) is 12.8 Å². The largest absolute Gasteiger partial charge is 0.457 e. The Kier molecular flexibility index (Phi) is 5.40. The van der Waals surface area contributed by atoms with E-state index in [1.165, 1.54) is 16.7 Å². The summed E-state index contributed by atoms with van der Waals surface area (Å²) in [5, 5.41) is 0. The molecule has 0 aliphatic carbocycles. The fraction of sp³-hybridized carbons (Fsp3) is 0.368. The smallest absolute Gasteiger partial charge is 0.130 e. The van der Waals surface area contributed by atoms with Gasteiger partial charge in [0.1, 0.15) is 11.5 Å². The molecular weight excluding hydrogens is 258 g/mol. The molecule has 0 heterocycles. The molecule has 112 valence electrons. The van der Waals surface area contributed by atoms with Crippen LogP contribution in [0.3, 0.4) is 0 Å². The van der Waals surface area contributed by atoms with Crippen LogP contribution in [0.25, 0.3) is 0 Å². The summed E-state index contributed by atoms with van der Waals surface area (Å²) in [6, 6.07) is 14.7. The van der Waals surface area contributed by atoms with Crippen molar-refractivity contribution in [1.82, 2.24) is 0 Å². The Morgan fingerprint density at radius 2 is 1.90 bits per heavy atom. The molecule has 0 spiro atoms. The van der Waals surface area contributed by atoms with Crippen LogP contribution in [0.4, 0.5) is 0 Å². The van der Waals surface area contributed by atoms with E-state index in [0.29, 0.717) is 0 Å². The third-order valence-corrected chi connectivity index (χ3v) is 3.76. The first-order valence-electron chi connectivity index (χ1n) is 7.74. The molecule has 0 amide bonds. The van der Waals surface area contributed by atoms with Crippen LogP contribution in [0.2, 0.25) is 0 Å². The summed E-state index contributed by atoms with van der Waals surface area (Å²) in [6.45, 7) is 6.37. The van der Waals surface area contributed by atoms with Gasteiger partial charge in [-0.3, -0.25) is 0 Å². The summed E-state index contributed by atoms with van der Waals surface area (Å²) in [5.41, 5.74) is 9.82. The minimum absolute atomic E-state index is 0.177. The second-order valence-corrected chi connectivity index (χ2v) is 5.59. The number of rotatable bonds is 6. The van der Waals surface area contributed by atoms with Crippen molar-refractivity contribution in [2.45, 2.75) is 46.1 Å². The Morgan fingerprint density at radius 1 is 1.10 bits per heavy atom. The lowest BCUT2D eigenvalue weighted by molar-refractivity contribution is 0.471. The molecule has 1 atom stereocenters. The molecule has 0 fully saturated rings. The molecule has 0 saturated heterocycles. The van der Waals surface area contributed by atoms with Crippen molar-refractivity contribution in [1.29, 1.82) is 0 Å². The van der Waals surface area contributed by atoms with Crippen LogP contribution >= 0.6 is 0 Å². The second kappa shape index (κ2) is 7.28. The van der Waals surface area contributed by atoms with Crippen molar-refractivity contribution in [3.63, 3.8) is 0 Å². The summed E-state index contributed by atoms with van der Waals surface area (Å²) >= 11 is 0. The first-order valence-corrected chi connectivity index (χ1v) is 7.74. The minimum Gasteiger partial charge on any atom is -0.457 e. The standard InChI is InChI=1S/C19H25NO/c1-4-15-7-6-8-18(12-15)21-19-10-9-14(3)11-16(19)13-17(20)5-2/h6-12,17H,4-5,13,20H2,1-3H3. The zero-order valence-electron chi connectivity index (χ0n) is 13.2. The van der Waals surface area contributed by atoms with Crippen molar-refractivity contribution in [2.24, 2.45) is 5.73 Å². The average Bonchev–Trinajstić information content (AvgIpc) is 2.50. The molecule has 0 aliphatic heterocycles. The Morgan fingerprint density at radius 3 is 2.62 bits per heavy atom. The van der Waals surface area contributed by atoms with Gasteiger partial charge in [-0.2, -0.15) is 0 Å². The second-order valence-electron chi connectivity index (χ2n) is 5.59. The van der Waals surface area contributed by atoms with E-state index in [9.17, 15) is 0 Å². The van der Waals surface area contributed by atoms with Crippen LogP contribution < -0.4 is 10.5 Å². The van der Waals surface area contributed by atoms with E-state index in [1.807, 2.05) is 18.2 Å². The van der Waals surface area contributed by atoms with E-state index >= 15 is 0 Å². The van der Waals surface area contributed by atoms with Crippen LogP contribution in [-0.4, -0.2) is 6.04 Å². The lowest BCUT2D eigenvalue weighted by Gasteiger charge is -2.15. The lowest BCUT2D eigenvalue weighted by Crippen LogP contribution is -2.21. The molecule has 0 aromatic heterocycles.